The van der Waals surface area contributed by atoms with Gasteiger partial charge >= 0.3 is 0 Å². The molecule has 0 aliphatic carbocycles. The fourth-order valence-electron chi connectivity index (χ4n) is 2.56. The van der Waals surface area contributed by atoms with Gasteiger partial charge in [0.05, 0.1) is 11.1 Å². The summed E-state index contributed by atoms with van der Waals surface area (Å²) >= 11 is 0. The van der Waals surface area contributed by atoms with Crippen molar-refractivity contribution in [2.75, 3.05) is 5.73 Å². The number of nitrogen functional groups attached to an aromatic ring is 1. The third-order valence-electron chi connectivity index (χ3n) is 4.07. The number of anilines is 1. The highest BCUT2D eigenvalue weighted by Crippen LogP contribution is 2.27. The van der Waals surface area contributed by atoms with Gasteiger partial charge in [-0.15, -0.1) is 5.10 Å². The number of hydrogen-bond donors (Lipinski definition) is 1. The van der Waals surface area contributed by atoms with Gasteiger partial charge in [-0.05, 0) is 28.7 Å². The second-order valence-electron chi connectivity index (χ2n) is 6.95. The van der Waals surface area contributed by atoms with Gasteiger partial charge in [-0.2, -0.15) is 12.5 Å². The second-order valence-corrected chi connectivity index (χ2v) is 8.74. The lowest BCUT2D eigenvalue weighted by molar-refractivity contribution is 0.577. The van der Waals surface area contributed by atoms with Crippen molar-refractivity contribution >= 4 is 15.8 Å². The number of benzene rings is 2. The summed E-state index contributed by atoms with van der Waals surface area (Å²) in [6, 6.07) is 16.2. The first kappa shape index (κ1) is 17.2. The molecule has 0 bridgehead atoms. The third-order valence-corrected chi connectivity index (χ3v) is 5.62. The van der Waals surface area contributed by atoms with Crippen molar-refractivity contribution in [3.05, 3.63) is 66.4 Å². The van der Waals surface area contributed by atoms with E-state index < -0.39 is 10.0 Å². The molecule has 0 fully saturated rings. The van der Waals surface area contributed by atoms with Crippen LogP contribution in [0.1, 0.15) is 26.3 Å². The quantitative estimate of drug-likeness (QED) is 0.777. The Morgan fingerprint density at radius 2 is 1.56 bits per heavy atom. The van der Waals surface area contributed by atoms with E-state index in [1.54, 1.807) is 12.1 Å². The number of hydrogen-bond acceptors (Lipinski definition) is 4. The van der Waals surface area contributed by atoms with Crippen LogP contribution in [-0.4, -0.2) is 17.6 Å². The first-order chi connectivity index (χ1) is 11.7. The maximum Gasteiger partial charge on any atom is 0.283 e. The molecule has 0 unspecified atom stereocenters. The Morgan fingerprint density at radius 1 is 0.960 bits per heavy atom. The lowest BCUT2D eigenvalue weighted by atomic mass is 9.87. The van der Waals surface area contributed by atoms with Crippen molar-refractivity contribution in [3.63, 3.8) is 0 Å². The summed E-state index contributed by atoms with van der Waals surface area (Å²) < 4.78 is 26.6. The molecule has 1 aromatic heterocycles. The standard InChI is InChI=1S/C19H21N3O2S/c1-19(2,3)15-9-11-16(12-10-15)25(23,24)22-13-17(18(20)21-22)14-7-5-4-6-8-14/h4-13H,1-3H3,(H2,20,21). The van der Waals surface area contributed by atoms with Crippen LogP contribution < -0.4 is 5.73 Å². The summed E-state index contributed by atoms with van der Waals surface area (Å²) in [6.07, 6.45) is 1.46. The molecule has 0 atom stereocenters. The van der Waals surface area contributed by atoms with Crippen LogP contribution in [0, 0.1) is 0 Å². The molecule has 0 saturated heterocycles. The maximum absolute atomic E-state index is 12.8. The van der Waals surface area contributed by atoms with Crippen LogP contribution in [0.4, 0.5) is 5.82 Å². The minimum absolute atomic E-state index is 0.0428. The van der Waals surface area contributed by atoms with E-state index in [2.05, 4.69) is 25.9 Å². The van der Waals surface area contributed by atoms with E-state index in [1.807, 2.05) is 42.5 Å². The van der Waals surface area contributed by atoms with Crippen molar-refractivity contribution in [3.8, 4) is 11.1 Å². The highest BCUT2D eigenvalue weighted by Gasteiger charge is 2.22. The Morgan fingerprint density at radius 3 is 2.12 bits per heavy atom. The Kier molecular flexibility index (Phi) is 4.16. The van der Waals surface area contributed by atoms with Crippen molar-refractivity contribution in [1.29, 1.82) is 0 Å². The molecule has 25 heavy (non-hydrogen) atoms. The summed E-state index contributed by atoms with van der Waals surface area (Å²) in [7, 11) is -3.79. The minimum Gasteiger partial charge on any atom is -0.382 e. The molecule has 3 aromatic rings. The van der Waals surface area contributed by atoms with Gasteiger partial charge in [0.15, 0.2) is 5.82 Å². The zero-order valence-corrected chi connectivity index (χ0v) is 15.3. The molecule has 1 heterocycles. The SMILES string of the molecule is CC(C)(C)c1ccc(S(=O)(=O)n2cc(-c3ccccc3)c(N)n2)cc1. The van der Waals surface area contributed by atoms with Gasteiger partial charge in [-0.3, -0.25) is 0 Å². The number of aromatic nitrogens is 2. The van der Waals surface area contributed by atoms with E-state index in [9.17, 15) is 8.42 Å². The molecule has 5 nitrogen and oxygen atoms in total. The first-order valence-electron chi connectivity index (χ1n) is 7.96. The van der Waals surface area contributed by atoms with Crippen LogP contribution in [0.3, 0.4) is 0 Å². The molecule has 3 rings (SSSR count). The number of nitrogens with zero attached hydrogens (tertiary/aromatic N) is 2. The van der Waals surface area contributed by atoms with Crippen molar-refractivity contribution in [2.24, 2.45) is 0 Å². The third kappa shape index (κ3) is 3.30. The second kappa shape index (κ2) is 6.04. The number of rotatable bonds is 3. The zero-order chi connectivity index (χ0) is 18.2. The van der Waals surface area contributed by atoms with Gasteiger partial charge < -0.3 is 5.73 Å². The van der Waals surface area contributed by atoms with E-state index in [-0.39, 0.29) is 16.1 Å². The fraction of sp³-hybridized carbons (Fsp3) is 0.211. The summed E-state index contributed by atoms with van der Waals surface area (Å²) in [5.74, 6) is 0.182. The Balaban J connectivity index is 2.01. The van der Waals surface area contributed by atoms with Crippen LogP contribution >= 0.6 is 0 Å². The fourth-order valence-corrected chi connectivity index (χ4v) is 3.70. The molecule has 2 N–H and O–H groups in total. The van der Waals surface area contributed by atoms with Crippen LogP contribution in [0.15, 0.2) is 65.7 Å². The molecular formula is C19H21N3O2S. The zero-order valence-electron chi connectivity index (χ0n) is 14.5. The van der Waals surface area contributed by atoms with Gasteiger partial charge in [0.1, 0.15) is 0 Å². The average molecular weight is 355 g/mol. The summed E-state index contributed by atoms with van der Waals surface area (Å²) in [5, 5.41) is 4.01. The number of nitrogens with two attached hydrogens (primary N) is 1. The highest BCUT2D eigenvalue weighted by molar-refractivity contribution is 7.89. The molecule has 0 spiro atoms. The molecule has 130 valence electrons. The van der Waals surface area contributed by atoms with Crippen LogP contribution in [0.2, 0.25) is 0 Å². The Labute approximate surface area is 148 Å². The lowest BCUT2D eigenvalue weighted by Gasteiger charge is -2.19. The van der Waals surface area contributed by atoms with Crippen molar-refractivity contribution in [1.82, 2.24) is 9.19 Å². The minimum atomic E-state index is -3.79. The monoisotopic (exact) mass is 355 g/mol. The van der Waals surface area contributed by atoms with E-state index in [0.29, 0.717) is 5.56 Å². The van der Waals surface area contributed by atoms with Crippen molar-refractivity contribution < 1.29 is 8.42 Å². The largest absolute Gasteiger partial charge is 0.382 e. The van der Waals surface area contributed by atoms with E-state index >= 15 is 0 Å². The normalized spacial score (nSPS) is 12.3. The van der Waals surface area contributed by atoms with Crippen molar-refractivity contribution in [2.45, 2.75) is 31.1 Å². The average Bonchev–Trinajstić information content (AvgIpc) is 2.98. The predicted molar refractivity (Wildman–Crippen MR) is 99.8 cm³/mol. The predicted octanol–water partition coefficient (Wildman–Crippen LogP) is 3.67. The van der Waals surface area contributed by atoms with Gasteiger partial charge in [0, 0.05) is 5.56 Å². The summed E-state index contributed by atoms with van der Waals surface area (Å²) in [5.41, 5.74) is 8.37. The molecule has 0 aliphatic rings. The van der Waals surface area contributed by atoms with E-state index in [4.69, 9.17) is 5.73 Å². The van der Waals surface area contributed by atoms with Gasteiger partial charge in [0.25, 0.3) is 10.0 Å². The topological polar surface area (TPSA) is 78.0 Å². The first-order valence-corrected chi connectivity index (χ1v) is 9.40. The molecule has 0 radical (unpaired) electrons. The molecular weight excluding hydrogens is 334 g/mol. The smallest absolute Gasteiger partial charge is 0.283 e. The molecule has 0 amide bonds. The van der Waals surface area contributed by atoms with Crippen LogP contribution in [0.5, 0.6) is 0 Å². The molecule has 0 saturated carbocycles. The lowest BCUT2D eigenvalue weighted by Crippen LogP contribution is -2.15. The van der Waals surface area contributed by atoms with E-state index in [1.165, 1.54) is 6.20 Å². The highest BCUT2D eigenvalue weighted by atomic mass is 32.2. The molecule has 6 heteroatoms. The van der Waals surface area contributed by atoms with Gasteiger partial charge in [0.2, 0.25) is 0 Å². The van der Waals surface area contributed by atoms with E-state index in [0.717, 1.165) is 15.2 Å². The summed E-state index contributed by atoms with van der Waals surface area (Å²) in [6.45, 7) is 6.24. The van der Waals surface area contributed by atoms with Gasteiger partial charge in [-0.1, -0.05) is 63.2 Å². The molecule has 0 aliphatic heterocycles. The Bertz CT molecular complexity index is 983. The van der Waals surface area contributed by atoms with Gasteiger partial charge in [-0.25, -0.2) is 0 Å². The van der Waals surface area contributed by atoms with Crippen LogP contribution in [0.25, 0.3) is 11.1 Å². The molecule has 2 aromatic carbocycles. The summed E-state index contributed by atoms with van der Waals surface area (Å²) in [4.78, 5) is 0.183. The maximum atomic E-state index is 12.8. The Hall–Kier alpha value is -2.60. The van der Waals surface area contributed by atoms with Crippen LogP contribution in [-0.2, 0) is 15.4 Å².